The van der Waals surface area contributed by atoms with Crippen LogP contribution in [0.15, 0.2) is 118 Å². The Morgan fingerprint density at radius 1 is 0.549 bits per heavy atom. The zero-order valence-electron chi connectivity index (χ0n) is 28.5. The molecule has 6 rings (SSSR count). The third kappa shape index (κ3) is 9.95. The minimum Gasteiger partial charge on any atom is -0.493 e. The number of carbonyl (C=O) groups is 2. The number of rotatable bonds is 16. The molecule has 0 aliphatic rings. The summed E-state index contributed by atoms with van der Waals surface area (Å²) in [4.78, 5) is 33.7. The van der Waals surface area contributed by atoms with E-state index >= 15 is 0 Å². The van der Waals surface area contributed by atoms with E-state index in [1.165, 1.54) is 0 Å². The maximum Gasteiger partial charge on any atom is 0.317 e. The molecule has 2 aromatic heterocycles. The highest BCUT2D eigenvalue weighted by Gasteiger charge is 2.15. The predicted octanol–water partition coefficient (Wildman–Crippen LogP) is 8.03. The first-order valence-electron chi connectivity index (χ1n) is 16.7. The van der Waals surface area contributed by atoms with Crippen LogP contribution in [0.25, 0.3) is 22.9 Å². The van der Waals surface area contributed by atoms with Crippen LogP contribution in [0.3, 0.4) is 0 Å². The molecule has 0 radical (unpaired) electrons. The van der Waals surface area contributed by atoms with Crippen LogP contribution in [0.1, 0.15) is 40.5 Å². The number of aryl methyl sites for hydroxylation is 2. The van der Waals surface area contributed by atoms with E-state index in [9.17, 15) is 9.59 Å². The predicted molar refractivity (Wildman–Crippen MR) is 189 cm³/mol. The van der Waals surface area contributed by atoms with Crippen molar-refractivity contribution in [3.63, 3.8) is 0 Å². The summed E-state index contributed by atoms with van der Waals surface area (Å²) in [6, 6.07) is 34.0. The normalized spacial score (nSPS) is 10.9. The molecule has 0 aliphatic heterocycles. The van der Waals surface area contributed by atoms with Crippen LogP contribution < -0.4 is 9.47 Å². The largest absolute Gasteiger partial charge is 0.493 e. The molecule has 2 heterocycles. The summed E-state index contributed by atoms with van der Waals surface area (Å²) in [5.74, 6) is 2.74. The molecule has 10 nitrogen and oxygen atoms in total. The lowest BCUT2D eigenvalue weighted by Crippen LogP contribution is -2.14. The first-order valence-corrected chi connectivity index (χ1v) is 16.7. The number of nitrogens with zero attached hydrogens (tertiary/aromatic N) is 2. The molecule has 10 heteroatoms. The van der Waals surface area contributed by atoms with Crippen molar-refractivity contribution >= 4 is 11.9 Å². The summed E-state index contributed by atoms with van der Waals surface area (Å²) < 4.78 is 33.9. The fourth-order valence-electron chi connectivity index (χ4n) is 5.17. The second-order valence-electron chi connectivity index (χ2n) is 11.8. The van der Waals surface area contributed by atoms with Crippen LogP contribution >= 0.6 is 0 Å². The molecule has 4 aromatic carbocycles. The number of ether oxygens (including phenoxy) is 4. The topological polar surface area (TPSA) is 123 Å². The van der Waals surface area contributed by atoms with Crippen LogP contribution in [0.4, 0.5) is 0 Å². The van der Waals surface area contributed by atoms with E-state index in [2.05, 4.69) is 9.97 Å². The maximum absolute atomic E-state index is 12.3. The highest BCUT2D eigenvalue weighted by molar-refractivity contribution is 5.91. The van der Waals surface area contributed by atoms with Crippen molar-refractivity contribution in [2.24, 2.45) is 0 Å². The molecule has 0 unspecified atom stereocenters. The summed E-state index contributed by atoms with van der Waals surface area (Å²) in [5.41, 5.74) is 5.09. The Labute approximate surface area is 296 Å². The molecule has 0 saturated heterocycles. The van der Waals surface area contributed by atoms with Gasteiger partial charge in [0.25, 0.3) is 0 Å². The standard InChI is InChI=1S/C41H38N2O8/c1-28-36(42-40(50-28)32-9-5-3-6-10-32)21-23-46-34-17-13-30(14-18-34)26-48-38(44)25-39(45)49-27-31-15-19-35(20-16-31)47-24-22-37-29(2)51-41(43-37)33-11-7-4-8-12-33/h3-20H,21-27H2,1-2H3. The van der Waals surface area contributed by atoms with Gasteiger partial charge in [-0.1, -0.05) is 60.7 Å². The van der Waals surface area contributed by atoms with E-state index in [1.807, 2.05) is 74.5 Å². The van der Waals surface area contributed by atoms with Gasteiger partial charge in [-0.25, -0.2) is 9.97 Å². The van der Waals surface area contributed by atoms with Crippen molar-refractivity contribution in [2.45, 2.75) is 46.3 Å². The van der Waals surface area contributed by atoms with E-state index in [4.69, 9.17) is 27.8 Å². The van der Waals surface area contributed by atoms with E-state index < -0.39 is 18.4 Å². The van der Waals surface area contributed by atoms with Crippen LogP contribution in [0, 0.1) is 13.8 Å². The quantitative estimate of drug-likeness (QED) is 0.0730. The van der Waals surface area contributed by atoms with Crippen molar-refractivity contribution in [1.29, 1.82) is 0 Å². The summed E-state index contributed by atoms with van der Waals surface area (Å²) >= 11 is 0. The summed E-state index contributed by atoms with van der Waals surface area (Å²) in [6.07, 6.45) is 0.710. The Kier molecular flexibility index (Phi) is 11.5. The lowest BCUT2D eigenvalue weighted by Gasteiger charge is -2.09. The van der Waals surface area contributed by atoms with Crippen molar-refractivity contribution in [2.75, 3.05) is 13.2 Å². The van der Waals surface area contributed by atoms with Gasteiger partial charge in [0.05, 0.1) is 24.6 Å². The number of hydrogen-bond acceptors (Lipinski definition) is 10. The van der Waals surface area contributed by atoms with Crippen LogP contribution in [0.5, 0.6) is 11.5 Å². The molecular formula is C41H38N2O8. The monoisotopic (exact) mass is 686 g/mol. The van der Waals surface area contributed by atoms with Gasteiger partial charge in [-0.15, -0.1) is 0 Å². The van der Waals surface area contributed by atoms with Gasteiger partial charge in [0.2, 0.25) is 11.8 Å². The number of benzene rings is 4. The van der Waals surface area contributed by atoms with E-state index in [1.54, 1.807) is 48.5 Å². The molecule has 0 atom stereocenters. The summed E-state index contributed by atoms with van der Waals surface area (Å²) in [7, 11) is 0. The molecule has 6 aromatic rings. The highest BCUT2D eigenvalue weighted by Crippen LogP contribution is 2.24. The number of carbonyl (C=O) groups excluding carboxylic acids is 2. The lowest BCUT2D eigenvalue weighted by atomic mass is 10.2. The minimum absolute atomic E-state index is 0.0265. The number of hydrogen-bond donors (Lipinski definition) is 0. The molecule has 0 N–H and O–H groups in total. The molecule has 0 fully saturated rings. The lowest BCUT2D eigenvalue weighted by molar-refractivity contribution is -0.156. The fraction of sp³-hybridized carbons (Fsp3) is 0.220. The number of oxazole rings is 2. The summed E-state index contributed by atoms with van der Waals surface area (Å²) in [5, 5.41) is 0. The van der Waals surface area contributed by atoms with E-state index in [0.717, 1.165) is 45.2 Å². The van der Waals surface area contributed by atoms with Crippen molar-refractivity contribution < 1.29 is 37.4 Å². The first-order chi connectivity index (χ1) is 24.9. The Morgan fingerprint density at radius 3 is 1.33 bits per heavy atom. The highest BCUT2D eigenvalue weighted by atomic mass is 16.6. The number of esters is 2. The molecule has 0 amide bonds. The van der Waals surface area contributed by atoms with E-state index in [0.29, 0.717) is 49.3 Å². The maximum atomic E-state index is 12.3. The van der Waals surface area contributed by atoms with E-state index in [-0.39, 0.29) is 13.2 Å². The molecule has 0 bridgehead atoms. The van der Waals surface area contributed by atoms with Crippen molar-refractivity contribution in [3.05, 3.63) is 143 Å². The molecule has 0 spiro atoms. The Balaban J connectivity index is 0.854. The van der Waals surface area contributed by atoms with Crippen molar-refractivity contribution in [3.8, 4) is 34.4 Å². The zero-order chi connectivity index (χ0) is 35.4. The third-order valence-corrected chi connectivity index (χ3v) is 7.98. The smallest absolute Gasteiger partial charge is 0.317 e. The zero-order valence-corrected chi connectivity index (χ0v) is 28.5. The Morgan fingerprint density at radius 2 is 0.941 bits per heavy atom. The van der Waals surface area contributed by atoms with Gasteiger partial charge in [0, 0.05) is 24.0 Å². The second-order valence-corrected chi connectivity index (χ2v) is 11.8. The molecule has 260 valence electrons. The van der Waals surface area contributed by atoms with Crippen LogP contribution in [-0.4, -0.2) is 35.1 Å². The van der Waals surface area contributed by atoms with Crippen LogP contribution in [0.2, 0.25) is 0 Å². The van der Waals surface area contributed by atoms with Gasteiger partial charge in [-0.05, 0) is 73.5 Å². The third-order valence-electron chi connectivity index (χ3n) is 7.98. The Bertz CT molecular complexity index is 1870. The average molecular weight is 687 g/mol. The van der Waals surface area contributed by atoms with Crippen molar-refractivity contribution in [1.82, 2.24) is 9.97 Å². The van der Waals surface area contributed by atoms with Gasteiger partial charge in [-0.2, -0.15) is 0 Å². The van der Waals surface area contributed by atoms with Gasteiger partial charge in [0.1, 0.15) is 42.7 Å². The van der Waals surface area contributed by atoms with Gasteiger partial charge >= 0.3 is 11.9 Å². The Hall–Kier alpha value is -6.16. The first kappa shape index (κ1) is 34.7. The molecule has 0 aliphatic carbocycles. The average Bonchev–Trinajstić information content (AvgIpc) is 3.72. The minimum atomic E-state index is -0.667. The SMILES string of the molecule is Cc1oc(-c2ccccc2)nc1CCOc1ccc(COC(=O)CC(=O)OCc2ccc(OCCc3nc(-c4ccccc4)oc3C)cc2)cc1. The van der Waals surface area contributed by atoms with Crippen LogP contribution in [-0.2, 0) is 45.1 Å². The number of aromatic nitrogens is 2. The second kappa shape index (κ2) is 17.0. The summed E-state index contributed by atoms with van der Waals surface area (Å²) in [6.45, 7) is 4.70. The molecule has 51 heavy (non-hydrogen) atoms. The molecular weight excluding hydrogens is 648 g/mol. The molecule has 0 saturated carbocycles. The van der Waals surface area contributed by atoms with Gasteiger partial charge < -0.3 is 27.8 Å². The van der Waals surface area contributed by atoms with Gasteiger partial charge in [0.15, 0.2) is 0 Å². The van der Waals surface area contributed by atoms with Gasteiger partial charge in [-0.3, -0.25) is 9.59 Å². The fourth-order valence-corrected chi connectivity index (χ4v) is 5.17.